The zero-order valence-electron chi connectivity index (χ0n) is 21.2. The lowest BCUT2D eigenvalue weighted by Crippen LogP contribution is -2.57. The minimum absolute atomic E-state index is 0.130. The lowest BCUT2D eigenvalue weighted by atomic mass is 9.91. The Morgan fingerprint density at radius 3 is 2.29 bits per heavy atom. The van der Waals surface area contributed by atoms with Crippen LogP contribution in [0.15, 0.2) is 36.4 Å². The maximum atomic E-state index is 13.9. The van der Waals surface area contributed by atoms with E-state index in [0.29, 0.717) is 6.42 Å². The molecule has 8 heteroatoms. The van der Waals surface area contributed by atoms with E-state index in [2.05, 4.69) is 5.32 Å². The molecule has 188 valence electrons. The monoisotopic (exact) mass is 482 g/mol. The fourth-order valence-corrected chi connectivity index (χ4v) is 4.45. The third-order valence-corrected chi connectivity index (χ3v) is 6.08. The van der Waals surface area contributed by atoms with E-state index >= 15 is 0 Å². The third-order valence-electron chi connectivity index (χ3n) is 6.08. The number of carbonyl (C=O) groups excluding carboxylic acids is 3. The first-order valence-electron chi connectivity index (χ1n) is 11.6. The van der Waals surface area contributed by atoms with E-state index in [1.807, 2.05) is 38.1 Å². The second-order valence-corrected chi connectivity index (χ2v) is 9.94. The van der Waals surface area contributed by atoms with Crippen molar-refractivity contribution in [3.63, 3.8) is 0 Å². The quantitative estimate of drug-likeness (QED) is 0.632. The van der Waals surface area contributed by atoms with Gasteiger partial charge in [0.2, 0.25) is 5.91 Å². The molecule has 0 spiro atoms. The summed E-state index contributed by atoms with van der Waals surface area (Å²) >= 11 is 0. The van der Waals surface area contributed by atoms with Crippen LogP contribution in [0.4, 0.5) is 4.79 Å². The Morgan fingerprint density at radius 2 is 1.71 bits per heavy atom. The zero-order valence-corrected chi connectivity index (χ0v) is 21.2. The smallest absolute Gasteiger partial charge is 0.408 e. The normalized spacial score (nSPS) is 16.2. The Hall–Kier alpha value is -3.55. The summed E-state index contributed by atoms with van der Waals surface area (Å²) in [5.74, 6) is -0.793. The van der Waals surface area contributed by atoms with Gasteiger partial charge in [0, 0.05) is 19.4 Å². The molecule has 2 N–H and O–H groups in total. The van der Waals surface area contributed by atoms with Crippen LogP contribution in [0.5, 0.6) is 5.75 Å². The Labute approximate surface area is 206 Å². The standard InChI is InChI=1S/C27H34N2O6/c1-16-11-20(30)12-17(2)21(16)14-22(28-26(33)35-27(3,4)5)24(31)29-15-19-10-8-7-9-18(19)13-23(29)25(32)34-6/h7-12,22-23,30H,13-15H2,1-6H3,(H,28,33)/t22-,23-/m0/s1. The number of ether oxygens (including phenoxy) is 2. The molecule has 2 aromatic carbocycles. The molecule has 1 aliphatic heterocycles. The summed E-state index contributed by atoms with van der Waals surface area (Å²) in [6.07, 6.45) is -0.232. The van der Waals surface area contributed by atoms with E-state index in [1.165, 1.54) is 12.0 Å². The van der Waals surface area contributed by atoms with Gasteiger partial charge >= 0.3 is 12.1 Å². The number of alkyl carbamates (subject to hydrolysis) is 1. The summed E-state index contributed by atoms with van der Waals surface area (Å²) in [5, 5.41) is 12.7. The molecule has 1 heterocycles. The zero-order chi connectivity index (χ0) is 25.9. The fraction of sp³-hybridized carbons (Fsp3) is 0.444. The number of benzene rings is 2. The summed E-state index contributed by atoms with van der Waals surface area (Å²) in [6.45, 7) is 9.12. The van der Waals surface area contributed by atoms with Crippen LogP contribution in [0.2, 0.25) is 0 Å². The molecule has 8 nitrogen and oxygen atoms in total. The molecule has 0 saturated heterocycles. The maximum Gasteiger partial charge on any atom is 0.408 e. The SMILES string of the molecule is COC(=O)[C@@H]1Cc2ccccc2CN1C(=O)[C@H](Cc1c(C)cc(O)cc1C)NC(=O)OC(C)(C)C. The molecule has 2 aromatic rings. The lowest BCUT2D eigenvalue weighted by Gasteiger charge is -2.37. The number of aromatic hydroxyl groups is 1. The molecule has 0 aliphatic carbocycles. The Kier molecular flexibility index (Phi) is 7.73. The molecule has 35 heavy (non-hydrogen) atoms. The first-order valence-corrected chi connectivity index (χ1v) is 11.6. The molecule has 0 unspecified atom stereocenters. The second kappa shape index (κ2) is 10.4. The van der Waals surface area contributed by atoms with Crippen molar-refractivity contribution in [3.05, 3.63) is 64.2 Å². The summed E-state index contributed by atoms with van der Waals surface area (Å²) in [4.78, 5) is 40.8. The number of carbonyl (C=O) groups is 3. The number of fused-ring (bicyclic) bond motifs is 1. The van der Waals surface area contributed by atoms with Gasteiger partial charge in [-0.25, -0.2) is 9.59 Å². The van der Waals surface area contributed by atoms with Crippen LogP contribution in [0.25, 0.3) is 0 Å². The van der Waals surface area contributed by atoms with E-state index in [0.717, 1.165) is 27.8 Å². The highest BCUT2D eigenvalue weighted by Gasteiger charge is 2.39. The number of esters is 1. The number of phenolic OH excluding ortho intramolecular Hbond substituents is 1. The van der Waals surface area contributed by atoms with Gasteiger partial charge in [-0.05, 0) is 74.6 Å². The molecular weight excluding hydrogens is 448 g/mol. The minimum Gasteiger partial charge on any atom is -0.508 e. The summed E-state index contributed by atoms with van der Waals surface area (Å²) in [6, 6.07) is 9.07. The minimum atomic E-state index is -0.996. The number of nitrogens with one attached hydrogen (secondary N) is 1. The molecular formula is C27H34N2O6. The highest BCUT2D eigenvalue weighted by Crippen LogP contribution is 2.27. The van der Waals surface area contributed by atoms with Gasteiger partial charge in [-0.1, -0.05) is 24.3 Å². The number of methoxy groups -OCH3 is 1. The lowest BCUT2D eigenvalue weighted by molar-refractivity contribution is -0.154. The topological polar surface area (TPSA) is 105 Å². The molecule has 0 aromatic heterocycles. The largest absolute Gasteiger partial charge is 0.508 e. The number of rotatable bonds is 5. The summed E-state index contributed by atoms with van der Waals surface area (Å²) < 4.78 is 10.4. The van der Waals surface area contributed by atoms with Crippen molar-refractivity contribution in [2.45, 2.75) is 71.7 Å². The maximum absolute atomic E-state index is 13.9. The number of amides is 2. The number of aryl methyl sites for hydroxylation is 2. The van der Waals surface area contributed by atoms with Crippen molar-refractivity contribution < 1.29 is 29.0 Å². The second-order valence-electron chi connectivity index (χ2n) is 9.94. The molecule has 3 rings (SSSR count). The fourth-order valence-electron chi connectivity index (χ4n) is 4.45. The number of phenols is 1. The highest BCUT2D eigenvalue weighted by atomic mass is 16.6. The van der Waals surface area contributed by atoms with Crippen LogP contribution in [-0.2, 0) is 38.4 Å². The van der Waals surface area contributed by atoms with Gasteiger partial charge in [0.1, 0.15) is 23.4 Å². The van der Waals surface area contributed by atoms with Crippen LogP contribution in [0.3, 0.4) is 0 Å². The van der Waals surface area contributed by atoms with E-state index in [-0.39, 0.29) is 18.7 Å². The predicted molar refractivity (Wildman–Crippen MR) is 131 cm³/mol. The van der Waals surface area contributed by atoms with Crippen molar-refractivity contribution >= 4 is 18.0 Å². The van der Waals surface area contributed by atoms with Crippen molar-refractivity contribution in [3.8, 4) is 5.75 Å². The molecule has 2 atom stereocenters. The van der Waals surface area contributed by atoms with Gasteiger partial charge in [-0.2, -0.15) is 0 Å². The van der Waals surface area contributed by atoms with Gasteiger partial charge in [-0.15, -0.1) is 0 Å². The van der Waals surface area contributed by atoms with Crippen LogP contribution in [0.1, 0.15) is 48.6 Å². The Morgan fingerprint density at radius 1 is 1.11 bits per heavy atom. The molecule has 0 bridgehead atoms. The third kappa shape index (κ3) is 6.32. The van der Waals surface area contributed by atoms with Crippen LogP contribution in [-0.4, -0.2) is 52.8 Å². The average molecular weight is 483 g/mol. The van der Waals surface area contributed by atoms with E-state index in [4.69, 9.17) is 9.47 Å². The van der Waals surface area contributed by atoms with Crippen LogP contribution in [0, 0.1) is 13.8 Å². The van der Waals surface area contributed by atoms with Crippen LogP contribution < -0.4 is 5.32 Å². The van der Waals surface area contributed by atoms with Gasteiger partial charge in [0.05, 0.1) is 7.11 Å². The van der Waals surface area contributed by atoms with Gasteiger partial charge in [0.25, 0.3) is 0 Å². The Balaban J connectivity index is 1.98. The first kappa shape index (κ1) is 26.1. The molecule has 0 fully saturated rings. The average Bonchev–Trinajstić information content (AvgIpc) is 2.77. The van der Waals surface area contributed by atoms with E-state index < -0.39 is 35.7 Å². The first-order chi connectivity index (χ1) is 16.4. The van der Waals surface area contributed by atoms with E-state index in [1.54, 1.807) is 32.9 Å². The van der Waals surface area contributed by atoms with Gasteiger partial charge < -0.3 is 24.8 Å². The number of hydrogen-bond donors (Lipinski definition) is 2. The highest BCUT2D eigenvalue weighted by molar-refractivity contribution is 5.90. The number of nitrogens with zero attached hydrogens (tertiary/aromatic N) is 1. The molecule has 2 amide bonds. The molecule has 0 saturated carbocycles. The van der Waals surface area contributed by atoms with Crippen LogP contribution >= 0.6 is 0 Å². The van der Waals surface area contributed by atoms with E-state index in [9.17, 15) is 19.5 Å². The summed E-state index contributed by atoms with van der Waals surface area (Å²) in [7, 11) is 1.30. The number of hydrogen-bond acceptors (Lipinski definition) is 6. The van der Waals surface area contributed by atoms with Gasteiger partial charge in [-0.3, -0.25) is 4.79 Å². The van der Waals surface area contributed by atoms with Gasteiger partial charge in [0.15, 0.2) is 0 Å². The molecule has 0 radical (unpaired) electrons. The van der Waals surface area contributed by atoms with Crippen molar-refractivity contribution in [1.82, 2.24) is 10.2 Å². The molecule has 1 aliphatic rings. The van der Waals surface area contributed by atoms with Crippen molar-refractivity contribution in [1.29, 1.82) is 0 Å². The van der Waals surface area contributed by atoms with Crippen molar-refractivity contribution in [2.24, 2.45) is 0 Å². The predicted octanol–water partition coefficient (Wildman–Crippen LogP) is 3.57. The Bertz CT molecular complexity index is 1100. The van der Waals surface area contributed by atoms with Crippen molar-refractivity contribution in [2.75, 3.05) is 7.11 Å². The summed E-state index contributed by atoms with van der Waals surface area (Å²) in [5.41, 5.74) is 3.58.